The van der Waals surface area contributed by atoms with E-state index >= 15 is 0 Å². The summed E-state index contributed by atoms with van der Waals surface area (Å²) in [4.78, 5) is 36.1. The molecule has 2 atom stereocenters. The number of nitrogens with one attached hydrogen (secondary N) is 1. The Labute approximate surface area is 394 Å². The summed E-state index contributed by atoms with van der Waals surface area (Å²) in [6.45, 7) is 15.3. The lowest BCUT2D eigenvalue weighted by Gasteiger charge is -2.36. The monoisotopic (exact) mass is 907 g/mol. The Morgan fingerprint density at radius 2 is 1.07 bits per heavy atom. The molecular formula is C53H66N10O4. The van der Waals surface area contributed by atoms with E-state index in [0.29, 0.717) is 23.7 Å². The number of benzene rings is 2. The standard InChI is InChI=1S/C27H33N5O2.C25H29N5O2.CH4/c1-2-29-15-16-34-26(19-29)21-5-3-20(4-6-21)23-17-25-24(9-10-28-32(25)18-23)30-11-13-31(14-12-30)27(33)22-7-8-22;31-25(20-5-6-20)29-12-10-28(11-13-29)22-7-8-27-30-17-21(15-23(22)30)18-1-3-19(4-2-18)24-16-26-9-14-32-24;/h3-6,9-10,17-18,22,26H,2,7-8,11-16,19H2,1H3;1-4,7-8,15,17,20,24,26H,5-6,9-14,16H2;1H4. The third-order valence-electron chi connectivity index (χ3n) is 14.4. The highest BCUT2D eigenvalue weighted by molar-refractivity contribution is 5.84. The van der Waals surface area contributed by atoms with Crippen LogP contribution in [0.25, 0.3) is 33.3 Å². The maximum atomic E-state index is 12.4. The maximum Gasteiger partial charge on any atom is 0.225 e. The van der Waals surface area contributed by atoms with E-state index in [0.717, 1.165) is 146 Å². The third kappa shape index (κ3) is 9.81. The predicted molar refractivity (Wildman–Crippen MR) is 263 cm³/mol. The summed E-state index contributed by atoms with van der Waals surface area (Å²) in [7, 11) is 0. The summed E-state index contributed by atoms with van der Waals surface area (Å²) in [6, 6.07) is 26.1. The molecule has 12 rings (SSSR count). The number of rotatable bonds is 9. The van der Waals surface area contributed by atoms with Crippen LogP contribution in [0.4, 0.5) is 11.4 Å². The molecule has 2 saturated carbocycles. The summed E-state index contributed by atoms with van der Waals surface area (Å²) in [5.41, 5.74) is 11.7. The van der Waals surface area contributed by atoms with Crippen LogP contribution in [0, 0.1) is 11.8 Å². The van der Waals surface area contributed by atoms with Crippen molar-refractivity contribution in [2.24, 2.45) is 11.8 Å². The SMILES string of the molecule is C.CCN1CCOC(c2ccc(-c3cc4c(N5CCN(C(=O)C6CC6)CC5)ccnn4c3)cc2)C1.O=C(C1CC1)N1CCN(c2ccnn3cc(-c4ccc(C5CNCCO5)cc4)cc23)CC1. The zero-order chi connectivity index (χ0) is 44.6. The average Bonchev–Trinajstić information content (AvgIpc) is 4.33. The Hall–Kier alpha value is -5.80. The molecule has 0 spiro atoms. The second kappa shape index (κ2) is 19.8. The number of anilines is 2. The highest BCUT2D eigenvalue weighted by Gasteiger charge is 2.36. The number of likely N-dealkylation sites (N-methyl/N-ethyl adjacent to an activating group) is 1. The van der Waals surface area contributed by atoms with Gasteiger partial charge in [-0.05, 0) is 78.7 Å². The fourth-order valence-electron chi connectivity index (χ4n) is 10.1. The van der Waals surface area contributed by atoms with Gasteiger partial charge in [-0.25, -0.2) is 9.03 Å². The molecule has 0 radical (unpaired) electrons. The molecule has 14 heteroatoms. The fourth-order valence-corrected chi connectivity index (χ4v) is 10.1. The van der Waals surface area contributed by atoms with Gasteiger partial charge in [0.2, 0.25) is 11.8 Å². The van der Waals surface area contributed by atoms with Crippen molar-refractivity contribution in [3.8, 4) is 22.3 Å². The van der Waals surface area contributed by atoms with Gasteiger partial charge in [0.25, 0.3) is 0 Å². The van der Waals surface area contributed by atoms with Gasteiger partial charge in [-0.3, -0.25) is 14.5 Å². The highest BCUT2D eigenvalue weighted by Crippen LogP contribution is 2.35. The molecule has 352 valence electrons. The van der Waals surface area contributed by atoms with Crippen LogP contribution in [0.2, 0.25) is 0 Å². The molecule has 6 fully saturated rings. The molecule has 4 aliphatic heterocycles. The van der Waals surface area contributed by atoms with Crippen LogP contribution in [0.15, 0.2) is 97.6 Å². The van der Waals surface area contributed by atoms with Crippen LogP contribution in [0.1, 0.15) is 63.4 Å². The van der Waals surface area contributed by atoms with Crippen molar-refractivity contribution in [2.45, 2.75) is 52.2 Å². The summed E-state index contributed by atoms with van der Waals surface area (Å²) in [6.07, 6.45) is 12.5. The summed E-state index contributed by atoms with van der Waals surface area (Å²) in [5, 5.41) is 12.5. The molecule has 2 amide bonds. The van der Waals surface area contributed by atoms with Gasteiger partial charge in [0.15, 0.2) is 0 Å². The number of morpholine rings is 2. The van der Waals surface area contributed by atoms with Crippen LogP contribution >= 0.6 is 0 Å². The van der Waals surface area contributed by atoms with Gasteiger partial charge in [0.05, 0.1) is 47.8 Å². The van der Waals surface area contributed by atoms with Gasteiger partial charge in [0, 0.05) is 126 Å². The van der Waals surface area contributed by atoms with Crippen molar-refractivity contribution < 1.29 is 19.1 Å². The first kappa shape index (κ1) is 45.0. The highest BCUT2D eigenvalue weighted by atomic mass is 16.5. The number of hydrogen-bond donors (Lipinski definition) is 1. The number of aromatic nitrogens is 4. The molecule has 2 unspecified atom stereocenters. The molecular weight excluding hydrogens is 841 g/mol. The van der Waals surface area contributed by atoms with Crippen molar-refractivity contribution in [2.75, 3.05) is 108 Å². The molecule has 67 heavy (non-hydrogen) atoms. The molecule has 6 aromatic rings. The Morgan fingerprint density at radius 3 is 1.52 bits per heavy atom. The Morgan fingerprint density at radius 1 is 0.597 bits per heavy atom. The molecule has 6 aliphatic rings. The smallest absolute Gasteiger partial charge is 0.225 e. The third-order valence-corrected chi connectivity index (χ3v) is 14.4. The molecule has 1 N–H and O–H groups in total. The van der Waals surface area contributed by atoms with Gasteiger partial charge >= 0.3 is 0 Å². The van der Waals surface area contributed by atoms with E-state index in [1.807, 2.05) is 31.2 Å². The molecule has 0 bridgehead atoms. The van der Waals surface area contributed by atoms with Crippen LogP contribution in [0.5, 0.6) is 0 Å². The van der Waals surface area contributed by atoms with Gasteiger partial charge < -0.3 is 34.4 Å². The van der Waals surface area contributed by atoms with E-state index in [4.69, 9.17) is 9.47 Å². The molecule has 8 heterocycles. The van der Waals surface area contributed by atoms with E-state index in [9.17, 15) is 9.59 Å². The average molecular weight is 907 g/mol. The van der Waals surface area contributed by atoms with Crippen molar-refractivity contribution in [1.82, 2.24) is 39.2 Å². The Kier molecular flexibility index (Phi) is 13.3. The number of piperazine rings is 2. The first-order chi connectivity index (χ1) is 32.5. The lowest BCUT2D eigenvalue weighted by atomic mass is 10.0. The van der Waals surface area contributed by atoms with Crippen LogP contribution in [0.3, 0.4) is 0 Å². The van der Waals surface area contributed by atoms with Gasteiger partial charge in [-0.1, -0.05) is 62.9 Å². The summed E-state index contributed by atoms with van der Waals surface area (Å²) < 4.78 is 15.8. The van der Waals surface area contributed by atoms with E-state index in [1.165, 1.54) is 33.6 Å². The fraction of sp³-hybridized carbons (Fsp3) is 0.472. The topological polar surface area (TPSA) is 115 Å². The largest absolute Gasteiger partial charge is 0.371 e. The van der Waals surface area contributed by atoms with Gasteiger partial charge in [-0.2, -0.15) is 10.2 Å². The predicted octanol–water partition coefficient (Wildman–Crippen LogP) is 6.81. The van der Waals surface area contributed by atoms with Crippen molar-refractivity contribution in [3.05, 3.63) is 109 Å². The minimum Gasteiger partial charge on any atom is -0.371 e. The van der Waals surface area contributed by atoms with E-state index in [-0.39, 0.29) is 19.6 Å². The molecule has 14 nitrogen and oxygen atoms in total. The maximum absolute atomic E-state index is 12.4. The van der Waals surface area contributed by atoms with E-state index in [2.05, 4.69) is 122 Å². The number of fused-ring (bicyclic) bond motifs is 2. The first-order valence-electron chi connectivity index (χ1n) is 24.3. The van der Waals surface area contributed by atoms with Crippen LogP contribution < -0.4 is 15.1 Å². The number of carbonyl (C=O) groups excluding carboxylic acids is 2. The van der Waals surface area contributed by atoms with Crippen molar-refractivity contribution in [1.29, 1.82) is 0 Å². The van der Waals surface area contributed by atoms with Crippen molar-refractivity contribution >= 4 is 34.2 Å². The zero-order valence-electron chi connectivity index (χ0n) is 38.1. The normalized spacial score (nSPS) is 21.5. The number of carbonyl (C=O) groups is 2. The quantitative estimate of drug-likeness (QED) is 0.166. The number of amides is 2. The first-order valence-corrected chi connectivity index (χ1v) is 24.3. The van der Waals surface area contributed by atoms with Crippen LogP contribution in [-0.2, 0) is 19.1 Å². The molecule has 4 saturated heterocycles. The number of nitrogens with zero attached hydrogens (tertiary/aromatic N) is 9. The molecule has 2 aliphatic carbocycles. The lowest BCUT2D eigenvalue weighted by molar-refractivity contribution is -0.133. The van der Waals surface area contributed by atoms with E-state index in [1.54, 1.807) is 0 Å². The van der Waals surface area contributed by atoms with Gasteiger partial charge in [0.1, 0.15) is 0 Å². The summed E-state index contributed by atoms with van der Waals surface area (Å²) in [5.74, 6) is 1.31. The molecule has 2 aromatic carbocycles. The van der Waals surface area contributed by atoms with E-state index < -0.39 is 0 Å². The second-order valence-electron chi connectivity index (χ2n) is 18.8. The minimum atomic E-state index is 0. The number of ether oxygens (including phenoxy) is 2. The Balaban J connectivity index is 0.000000155. The number of hydrogen-bond acceptors (Lipinski definition) is 10. The lowest BCUT2D eigenvalue weighted by Crippen LogP contribution is -2.49. The summed E-state index contributed by atoms with van der Waals surface area (Å²) >= 11 is 0. The van der Waals surface area contributed by atoms with Crippen LogP contribution in [-0.4, -0.2) is 144 Å². The zero-order valence-corrected chi connectivity index (χ0v) is 38.1. The Bertz CT molecular complexity index is 2630. The minimum absolute atomic E-state index is 0. The second-order valence-corrected chi connectivity index (χ2v) is 18.8. The molecule has 4 aromatic heterocycles. The van der Waals surface area contributed by atoms with Crippen molar-refractivity contribution in [3.63, 3.8) is 0 Å². The van der Waals surface area contributed by atoms with Gasteiger partial charge in [-0.15, -0.1) is 0 Å².